The number of ether oxygens (including phenoxy) is 1. The number of hydrogen-bond donors (Lipinski definition) is 0. The van der Waals surface area contributed by atoms with E-state index in [0.717, 1.165) is 22.7 Å². The highest BCUT2D eigenvalue weighted by atomic mass is 35.5. The molecular weight excluding hydrogens is 414 g/mol. The fourth-order valence-corrected chi connectivity index (χ4v) is 3.69. The van der Waals surface area contributed by atoms with Crippen LogP contribution in [-0.2, 0) is 24.4 Å². The first-order valence-corrected chi connectivity index (χ1v) is 10.4. The van der Waals surface area contributed by atoms with Gasteiger partial charge in [-0.05, 0) is 45.8 Å². The Morgan fingerprint density at radius 2 is 1.84 bits per heavy atom. The third-order valence-corrected chi connectivity index (χ3v) is 5.28. The van der Waals surface area contributed by atoms with Crippen LogP contribution in [-0.4, -0.2) is 38.8 Å². The monoisotopic (exact) mass is 437 g/mol. The summed E-state index contributed by atoms with van der Waals surface area (Å²) in [7, 11) is 1.67. The maximum Gasteiger partial charge on any atom is 0.173 e. The van der Waals surface area contributed by atoms with Crippen LogP contribution in [0.2, 0.25) is 5.02 Å². The van der Waals surface area contributed by atoms with E-state index in [1.807, 2.05) is 54.6 Å². The third kappa shape index (κ3) is 5.38. The van der Waals surface area contributed by atoms with Gasteiger partial charge >= 0.3 is 0 Å². The molecule has 2 aromatic heterocycles. The predicted octanol–water partition coefficient (Wildman–Crippen LogP) is 4.36. The van der Waals surface area contributed by atoms with E-state index in [-0.39, 0.29) is 6.04 Å². The number of aromatic nitrogens is 4. The first kappa shape index (κ1) is 21.2. The van der Waals surface area contributed by atoms with Crippen LogP contribution in [0.5, 0.6) is 0 Å². The summed E-state index contributed by atoms with van der Waals surface area (Å²) in [4.78, 5) is 2.30. The molecule has 0 amide bonds. The highest BCUT2D eigenvalue weighted by Crippen LogP contribution is 2.30. The molecule has 0 bridgehead atoms. The smallest absolute Gasteiger partial charge is 0.173 e. The molecule has 2 heterocycles. The van der Waals surface area contributed by atoms with Crippen LogP contribution in [0.1, 0.15) is 28.8 Å². The molecule has 0 aliphatic carbocycles. The molecule has 0 N–H and O–H groups in total. The number of hydrogen-bond acceptors (Lipinski definition) is 6. The van der Waals surface area contributed by atoms with Gasteiger partial charge in [0.25, 0.3) is 0 Å². The van der Waals surface area contributed by atoms with E-state index in [1.165, 1.54) is 0 Å². The summed E-state index contributed by atoms with van der Waals surface area (Å²) in [6, 6.07) is 21.8. The summed E-state index contributed by atoms with van der Waals surface area (Å²) in [5.74, 6) is 1.62. The van der Waals surface area contributed by atoms with E-state index in [9.17, 15) is 0 Å². The van der Waals surface area contributed by atoms with Gasteiger partial charge in [-0.15, -0.1) is 5.10 Å². The predicted molar refractivity (Wildman–Crippen MR) is 117 cm³/mol. The molecule has 0 radical (unpaired) electrons. The second-order valence-corrected chi connectivity index (χ2v) is 7.61. The van der Waals surface area contributed by atoms with Gasteiger partial charge in [0.05, 0.1) is 32.0 Å². The Bertz CT molecular complexity index is 1050. The van der Waals surface area contributed by atoms with Gasteiger partial charge in [-0.1, -0.05) is 54.1 Å². The highest BCUT2D eigenvalue weighted by molar-refractivity contribution is 6.30. The fraction of sp³-hybridized carbons (Fsp3) is 0.261. The van der Waals surface area contributed by atoms with Crippen LogP contribution in [0, 0.1) is 0 Å². The number of tetrazole rings is 1. The molecule has 7 nitrogen and oxygen atoms in total. The van der Waals surface area contributed by atoms with Crippen molar-refractivity contribution in [2.45, 2.75) is 25.7 Å². The van der Waals surface area contributed by atoms with Crippen molar-refractivity contribution in [3.8, 4) is 0 Å². The van der Waals surface area contributed by atoms with Crippen molar-refractivity contribution in [2.75, 3.05) is 13.7 Å². The van der Waals surface area contributed by atoms with Gasteiger partial charge < -0.3 is 9.15 Å². The zero-order valence-electron chi connectivity index (χ0n) is 17.3. The van der Waals surface area contributed by atoms with Gasteiger partial charge in [-0.25, -0.2) is 4.68 Å². The van der Waals surface area contributed by atoms with Crippen molar-refractivity contribution in [3.05, 3.63) is 101 Å². The van der Waals surface area contributed by atoms with Crippen molar-refractivity contribution in [2.24, 2.45) is 0 Å². The van der Waals surface area contributed by atoms with E-state index in [1.54, 1.807) is 18.1 Å². The standard InChI is InChI=1S/C23H24ClN5O2/c1-30-15-13-29-23(25-26-27-29)22(19-6-3-2-4-7-19)28(17-21-8-5-14-31-21)16-18-9-11-20(24)12-10-18/h2-12,14,22H,13,15-17H2,1H3/t22-/m0/s1. The zero-order valence-corrected chi connectivity index (χ0v) is 18.0. The normalized spacial score (nSPS) is 12.4. The quantitative estimate of drug-likeness (QED) is 0.367. The topological polar surface area (TPSA) is 69.2 Å². The maximum atomic E-state index is 6.10. The SMILES string of the molecule is COCCn1nnnc1[C@H](c1ccccc1)N(Cc1ccc(Cl)cc1)Cc1ccco1. The molecule has 8 heteroatoms. The second-order valence-electron chi connectivity index (χ2n) is 7.18. The minimum absolute atomic E-state index is 0.186. The average Bonchev–Trinajstić information content (AvgIpc) is 3.47. The number of rotatable bonds is 10. The van der Waals surface area contributed by atoms with Gasteiger partial charge in [0, 0.05) is 18.7 Å². The minimum Gasteiger partial charge on any atom is -0.468 e. The zero-order chi connectivity index (χ0) is 21.5. The number of halogens is 1. The Labute approximate surface area is 186 Å². The average molecular weight is 438 g/mol. The Balaban J connectivity index is 1.75. The first-order valence-electron chi connectivity index (χ1n) is 10.1. The molecule has 0 aliphatic heterocycles. The Morgan fingerprint density at radius 1 is 1.03 bits per heavy atom. The summed E-state index contributed by atoms with van der Waals surface area (Å²) < 4.78 is 12.7. The maximum absolute atomic E-state index is 6.10. The fourth-order valence-electron chi connectivity index (χ4n) is 3.57. The highest BCUT2D eigenvalue weighted by Gasteiger charge is 2.28. The van der Waals surface area contributed by atoms with Crippen molar-refractivity contribution in [1.29, 1.82) is 0 Å². The lowest BCUT2D eigenvalue weighted by atomic mass is 10.0. The molecule has 4 rings (SSSR count). The lowest BCUT2D eigenvalue weighted by Gasteiger charge is -2.31. The molecule has 0 saturated heterocycles. The molecular formula is C23H24ClN5O2. The van der Waals surface area contributed by atoms with Gasteiger partial charge in [-0.2, -0.15) is 0 Å². The third-order valence-electron chi connectivity index (χ3n) is 5.03. The van der Waals surface area contributed by atoms with Crippen molar-refractivity contribution in [1.82, 2.24) is 25.1 Å². The molecule has 1 atom stereocenters. The summed E-state index contributed by atoms with van der Waals surface area (Å²) in [6.07, 6.45) is 1.69. The molecule has 2 aromatic carbocycles. The Kier molecular flexibility index (Phi) is 7.09. The van der Waals surface area contributed by atoms with Crippen molar-refractivity contribution in [3.63, 3.8) is 0 Å². The summed E-state index contributed by atoms with van der Waals surface area (Å²) in [6.45, 7) is 2.34. The first-order chi connectivity index (χ1) is 15.2. The van der Waals surface area contributed by atoms with E-state index in [2.05, 4.69) is 32.6 Å². The Hall–Kier alpha value is -3.00. The van der Waals surface area contributed by atoms with Gasteiger partial charge in [-0.3, -0.25) is 4.90 Å². The van der Waals surface area contributed by atoms with E-state index < -0.39 is 0 Å². The lowest BCUT2D eigenvalue weighted by molar-refractivity contribution is 0.164. The van der Waals surface area contributed by atoms with Crippen LogP contribution >= 0.6 is 11.6 Å². The summed E-state index contributed by atoms with van der Waals surface area (Å²) in [5.41, 5.74) is 2.23. The molecule has 0 saturated carbocycles. The molecule has 31 heavy (non-hydrogen) atoms. The van der Waals surface area contributed by atoms with Crippen molar-refractivity contribution >= 4 is 11.6 Å². The van der Waals surface area contributed by atoms with Gasteiger partial charge in [0.15, 0.2) is 5.82 Å². The lowest BCUT2D eigenvalue weighted by Crippen LogP contribution is -2.31. The van der Waals surface area contributed by atoms with E-state index in [4.69, 9.17) is 20.8 Å². The van der Waals surface area contributed by atoms with E-state index in [0.29, 0.717) is 31.3 Å². The van der Waals surface area contributed by atoms with Crippen molar-refractivity contribution < 1.29 is 9.15 Å². The molecule has 0 aliphatic rings. The minimum atomic E-state index is -0.186. The number of benzene rings is 2. The number of furan rings is 1. The summed E-state index contributed by atoms with van der Waals surface area (Å²) in [5, 5.41) is 13.3. The molecule has 160 valence electrons. The number of nitrogens with zero attached hydrogens (tertiary/aromatic N) is 5. The molecule has 0 unspecified atom stereocenters. The van der Waals surface area contributed by atoms with Crippen LogP contribution in [0.3, 0.4) is 0 Å². The van der Waals surface area contributed by atoms with E-state index >= 15 is 0 Å². The molecule has 0 fully saturated rings. The Morgan fingerprint density at radius 3 is 2.55 bits per heavy atom. The van der Waals surface area contributed by atoms with Crippen LogP contribution in [0.25, 0.3) is 0 Å². The van der Waals surface area contributed by atoms with Gasteiger partial charge in [0.2, 0.25) is 0 Å². The molecule has 4 aromatic rings. The van der Waals surface area contributed by atoms with Crippen LogP contribution in [0.15, 0.2) is 77.4 Å². The van der Waals surface area contributed by atoms with Crippen LogP contribution in [0.4, 0.5) is 0 Å². The van der Waals surface area contributed by atoms with Gasteiger partial charge in [0.1, 0.15) is 5.76 Å². The number of methoxy groups -OCH3 is 1. The largest absolute Gasteiger partial charge is 0.468 e. The summed E-state index contributed by atoms with van der Waals surface area (Å²) >= 11 is 6.10. The van der Waals surface area contributed by atoms with Crippen LogP contribution < -0.4 is 0 Å². The second kappa shape index (κ2) is 10.3. The molecule has 0 spiro atoms.